The Kier molecular flexibility index (Phi) is 3.45. The molecule has 0 bridgehead atoms. The Labute approximate surface area is 90.3 Å². The fourth-order valence-electron chi connectivity index (χ4n) is 0.884. The molecule has 1 rings (SSSR count). The predicted octanol–water partition coefficient (Wildman–Crippen LogP) is 1.92. The molecule has 0 aromatic carbocycles. The van der Waals surface area contributed by atoms with Crippen LogP contribution in [-0.4, -0.2) is 16.0 Å². The van der Waals surface area contributed by atoms with Crippen molar-refractivity contribution in [2.75, 3.05) is 6.54 Å². The van der Waals surface area contributed by atoms with Gasteiger partial charge in [0.2, 0.25) is 0 Å². The molecule has 3 N–H and O–H groups in total. The molecule has 0 aliphatic rings. The summed E-state index contributed by atoms with van der Waals surface area (Å²) in [6.45, 7) is 4.31. The van der Waals surface area contributed by atoms with Crippen LogP contribution in [-0.2, 0) is 0 Å². The first-order chi connectivity index (χ1) is 5.99. The standard InChI is InChI=1S/C8H13BrN2OS/c1-8(2,4-10)7(12)6-5(9)3-11-13-6/h3,7,12H,4,10H2,1-2H3. The lowest BCUT2D eigenvalue weighted by atomic mass is 9.86. The van der Waals surface area contributed by atoms with Gasteiger partial charge in [0.05, 0.1) is 21.7 Å². The highest BCUT2D eigenvalue weighted by Crippen LogP contribution is 2.37. The summed E-state index contributed by atoms with van der Waals surface area (Å²) < 4.78 is 4.84. The van der Waals surface area contributed by atoms with Crippen molar-refractivity contribution in [3.63, 3.8) is 0 Å². The van der Waals surface area contributed by atoms with Gasteiger partial charge in [0.25, 0.3) is 0 Å². The number of aromatic nitrogens is 1. The van der Waals surface area contributed by atoms with Gasteiger partial charge in [0.15, 0.2) is 0 Å². The minimum absolute atomic E-state index is 0.310. The number of rotatable bonds is 3. The van der Waals surface area contributed by atoms with E-state index in [2.05, 4.69) is 20.3 Å². The zero-order valence-corrected chi connectivity index (χ0v) is 10.0. The van der Waals surface area contributed by atoms with E-state index in [-0.39, 0.29) is 5.41 Å². The zero-order chi connectivity index (χ0) is 10.1. The molecule has 0 fully saturated rings. The minimum atomic E-state index is -0.556. The van der Waals surface area contributed by atoms with Crippen LogP contribution in [0, 0.1) is 5.41 Å². The van der Waals surface area contributed by atoms with Gasteiger partial charge in [-0.25, -0.2) is 0 Å². The van der Waals surface area contributed by atoms with Gasteiger partial charge in [-0.2, -0.15) is 4.37 Å². The second-order valence-corrected chi connectivity index (χ2v) is 5.32. The third-order valence-electron chi connectivity index (χ3n) is 2.07. The molecule has 0 spiro atoms. The lowest BCUT2D eigenvalue weighted by Gasteiger charge is -2.28. The summed E-state index contributed by atoms with van der Waals surface area (Å²) in [7, 11) is 0. The number of hydrogen-bond acceptors (Lipinski definition) is 4. The highest BCUT2D eigenvalue weighted by molar-refractivity contribution is 9.10. The van der Waals surface area contributed by atoms with Crippen LogP contribution in [0.25, 0.3) is 0 Å². The van der Waals surface area contributed by atoms with Crippen molar-refractivity contribution >= 4 is 27.5 Å². The maximum Gasteiger partial charge on any atom is 0.0972 e. The Morgan fingerprint density at radius 3 is 2.77 bits per heavy atom. The van der Waals surface area contributed by atoms with Crippen molar-refractivity contribution in [3.8, 4) is 0 Å². The van der Waals surface area contributed by atoms with E-state index in [0.717, 1.165) is 9.35 Å². The van der Waals surface area contributed by atoms with Gasteiger partial charge in [-0.1, -0.05) is 13.8 Å². The number of nitrogens with two attached hydrogens (primary N) is 1. The monoisotopic (exact) mass is 264 g/mol. The summed E-state index contributed by atoms with van der Waals surface area (Å²) in [5, 5.41) is 9.98. The first kappa shape index (κ1) is 11.1. The fourth-order valence-corrected chi connectivity index (χ4v) is 2.39. The van der Waals surface area contributed by atoms with E-state index in [1.807, 2.05) is 13.8 Å². The molecule has 13 heavy (non-hydrogen) atoms. The second-order valence-electron chi connectivity index (χ2n) is 3.63. The first-order valence-electron chi connectivity index (χ1n) is 3.97. The highest BCUT2D eigenvalue weighted by atomic mass is 79.9. The molecule has 1 aromatic heterocycles. The van der Waals surface area contributed by atoms with Crippen molar-refractivity contribution in [3.05, 3.63) is 15.5 Å². The molecule has 0 radical (unpaired) electrons. The molecular formula is C8H13BrN2OS. The Morgan fingerprint density at radius 2 is 2.38 bits per heavy atom. The van der Waals surface area contributed by atoms with Gasteiger partial charge in [-0.3, -0.25) is 0 Å². The summed E-state index contributed by atoms with van der Waals surface area (Å²) in [4.78, 5) is 0.843. The van der Waals surface area contributed by atoms with Crippen LogP contribution in [0.5, 0.6) is 0 Å². The Balaban J connectivity index is 2.91. The van der Waals surface area contributed by atoms with Crippen molar-refractivity contribution in [1.82, 2.24) is 4.37 Å². The number of halogens is 1. The third kappa shape index (κ3) is 2.28. The Bertz CT molecular complexity index is 287. The molecule has 0 amide bonds. The Morgan fingerprint density at radius 1 is 1.77 bits per heavy atom. The fraction of sp³-hybridized carbons (Fsp3) is 0.625. The van der Waals surface area contributed by atoms with Gasteiger partial charge >= 0.3 is 0 Å². The molecule has 5 heteroatoms. The van der Waals surface area contributed by atoms with Crippen molar-refractivity contribution in [1.29, 1.82) is 0 Å². The highest BCUT2D eigenvalue weighted by Gasteiger charge is 2.30. The van der Waals surface area contributed by atoms with E-state index in [0.29, 0.717) is 6.54 Å². The summed E-state index contributed by atoms with van der Waals surface area (Å²) in [5.41, 5.74) is 5.26. The number of hydrogen-bond donors (Lipinski definition) is 2. The summed E-state index contributed by atoms with van der Waals surface area (Å²) >= 11 is 4.63. The molecule has 0 saturated carbocycles. The van der Waals surface area contributed by atoms with Crippen LogP contribution in [0.3, 0.4) is 0 Å². The molecule has 1 aromatic rings. The molecule has 0 aliphatic carbocycles. The van der Waals surface area contributed by atoms with Gasteiger partial charge in [0.1, 0.15) is 0 Å². The summed E-state index contributed by atoms with van der Waals surface area (Å²) in [6.07, 6.45) is 1.13. The average molecular weight is 265 g/mol. The molecule has 0 saturated heterocycles. The van der Waals surface area contributed by atoms with Gasteiger partial charge in [0, 0.05) is 12.0 Å². The van der Waals surface area contributed by atoms with Crippen LogP contribution in [0.15, 0.2) is 10.7 Å². The van der Waals surface area contributed by atoms with Gasteiger partial charge < -0.3 is 10.8 Å². The van der Waals surface area contributed by atoms with E-state index in [4.69, 9.17) is 5.73 Å². The maximum atomic E-state index is 9.98. The topological polar surface area (TPSA) is 59.1 Å². The zero-order valence-electron chi connectivity index (χ0n) is 7.62. The van der Waals surface area contributed by atoms with Crippen LogP contribution < -0.4 is 5.73 Å². The third-order valence-corrected chi connectivity index (χ3v) is 3.81. The summed E-state index contributed by atoms with van der Waals surface area (Å²) in [6, 6.07) is 0. The predicted molar refractivity (Wildman–Crippen MR) is 57.6 cm³/mol. The van der Waals surface area contributed by atoms with Crippen LogP contribution in [0.4, 0.5) is 0 Å². The van der Waals surface area contributed by atoms with E-state index >= 15 is 0 Å². The lowest BCUT2D eigenvalue weighted by molar-refractivity contribution is 0.0580. The lowest BCUT2D eigenvalue weighted by Crippen LogP contribution is -2.30. The molecule has 1 heterocycles. The van der Waals surface area contributed by atoms with Crippen LogP contribution in [0.1, 0.15) is 24.8 Å². The van der Waals surface area contributed by atoms with Crippen LogP contribution >= 0.6 is 27.5 Å². The molecule has 1 atom stereocenters. The van der Waals surface area contributed by atoms with Crippen molar-refractivity contribution in [2.24, 2.45) is 11.1 Å². The molecule has 3 nitrogen and oxygen atoms in total. The number of aliphatic hydroxyl groups is 1. The number of nitrogens with zero attached hydrogens (tertiary/aromatic N) is 1. The van der Waals surface area contributed by atoms with Crippen molar-refractivity contribution < 1.29 is 5.11 Å². The number of aliphatic hydroxyl groups excluding tert-OH is 1. The first-order valence-corrected chi connectivity index (χ1v) is 5.54. The van der Waals surface area contributed by atoms with Crippen LogP contribution in [0.2, 0.25) is 0 Å². The van der Waals surface area contributed by atoms with E-state index in [1.165, 1.54) is 11.5 Å². The molecular weight excluding hydrogens is 252 g/mol. The Hall–Kier alpha value is 0.0300. The van der Waals surface area contributed by atoms with E-state index < -0.39 is 6.10 Å². The minimum Gasteiger partial charge on any atom is -0.387 e. The summed E-state index contributed by atoms with van der Waals surface area (Å²) in [5.74, 6) is 0. The largest absolute Gasteiger partial charge is 0.387 e. The maximum absolute atomic E-state index is 9.98. The quantitative estimate of drug-likeness (QED) is 0.877. The second kappa shape index (κ2) is 4.04. The van der Waals surface area contributed by atoms with E-state index in [1.54, 1.807) is 6.20 Å². The van der Waals surface area contributed by atoms with E-state index in [9.17, 15) is 5.11 Å². The molecule has 74 valence electrons. The normalized spacial score (nSPS) is 14.5. The molecule has 0 aliphatic heterocycles. The molecule has 1 unspecified atom stereocenters. The van der Waals surface area contributed by atoms with Gasteiger partial charge in [-0.05, 0) is 27.5 Å². The smallest absolute Gasteiger partial charge is 0.0972 e. The average Bonchev–Trinajstić information content (AvgIpc) is 2.50. The van der Waals surface area contributed by atoms with Gasteiger partial charge in [-0.15, -0.1) is 0 Å². The SMILES string of the molecule is CC(C)(CN)C(O)c1sncc1Br. The van der Waals surface area contributed by atoms with Crippen molar-refractivity contribution in [2.45, 2.75) is 20.0 Å².